The molecule has 18 heavy (non-hydrogen) atoms. The van der Waals surface area contributed by atoms with E-state index in [4.69, 9.17) is 4.42 Å². The van der Waals surface area contributed by atoms with Gasteiger partial charge in [-0.15, -0.1) is 0 Å². The van der Waals surface area contributed by atoms with E-state index in [1.54, 1.807) is 6.26 Å². The molecule has 0 spiro atoms. The summed E-state index contributed by atoms with van der Waals surface area (Å²) in [4.78, 5) is 4.50. The van der Waals surface area contributed by atoms with Gasteiger partial charge < -0.3 is 9.73 Å². The lowest BCUT2D eigenvalue weighted by Crippen LogP contribution is -2.21. The lowest BCUT2D eigenvalue weighted by atomic mass is 10.1. The van der Waals surface area contributed by atoms with Crippen LogP contribution in [0.1, 0.15) is 25.1 Å². The van der Waals surface area contributed by atoms with Crippen LogP contribution in [0.5, 0.6) is 0 Å². The molecule has 0 saturated carbocycles. The van der Waals surface area contributed by atoms with Gasteiger partial charge in [-0.05, 0) is 30.7 Å². The zero-order valence-corrected chi connectivity index (χ0v) is 12.4. The first-order valence-electron chi connectivity index (χ1n) is 6.00. The van der Waals surface area contributed by atoms with Gasteiger partial charge in [0.25, 0.3) is 0 Å². The summed E-state index contributed by atoms with van der Waals surface area (Å²) in [6.07, 6.45) is 1.71. The van der Waals surface area contributed by atoms with Crippen LogP contribution in [0.25, 0.3) is 11.5 Å². The molecule has 0 bridgehead atoms. The number of aryl methyl sites for hydroxylation is 1. The number of oxazole rings is 1. The van der Waals surface area contributed by atoms with Gasteiger partial charge >= 0.3 is 0 Å². The second-order valence-corrected chi connectivity index (χ2v) is 5.55. The average Bonchev–Trinajstić information content (AvgIpc) is 2.75. The minimum Gasteiger partial charge on any atom is -0.444 e. The van der Waals surface area contributed by atoms with E-state index in [1.165, 1.54) is 0 Å². The van der Waals surface area contributed by atoms with Crippen LogP contribution in [0.2, 0.25) is 0 Å². The molecule has 2 aromatic rings. The molecule has 0 aliphatic heterocycles. The Morgan fingerprint density at radius 2 is 2.17 bits per heavy atom. The highest BCUT2D eigenvalue weighted by molar-refractivity contribution is 9.10. The summed E-state index contributed by atoms with van der Waals surface area (Å²) in [5.74, 6) is 0.681. The first-order chi connectivity index (χ1) is 8.56. The summed E-state index contributed by atoms with van der Waals surface area (Å²) in [7, 11) is 0. The molecule has 1 aromatic heterocycles. The summed E-state index contributed by atoms with van der Waals surface area (Å²) in [5, 5.41) is 3.32. The van der Waals surface area contributed by atoms with Crippen molar-refractivity contribution in [3.63, 3.8) is 0 Å². The van der Waals surface area contributed by atoms with Crippen molar-refractivity contribution in [1.82, 2.24) is 10.3 Å². The molecule has 0 saturated heterocycles. The van der Waals surface area contributed by atoms with Crippen molar-refractivity contribution in [3.05, 3.63) is 40.2 Å². The number of benzene rings is 1. The lowest BCUT2D eigenvalue weighted by Gasteiger charge is -2.04. The number of aromatic nitrogens is 1. The molecule has 1 aromatic carbocycles. The highest BCUT2D eigenvalue weighted by Crippen LogP contribution is 2.25. The number of hydrogen-bond acceptors (Lipinski definition) is 3. The Morgan fingerprint density at radius 3 is 2.83 bits per heavy atom. The van der Waals surface area contributed by atoms with Crippen LogP contribution in [0.4, 0.5) is 0 Å². The highest BCUT2D eigenvalue weighted by Gasteiger charge is 2.09. The van der Waals surface area contributed by atoms with Gasteiger partial charge in [0.15, 0.2) is 0 Å². The third-order valence-electron chi connectivity index (χ3n) is 2.66. The van der Waals surface area contributed by atoms with Crippen molar-refractivity contribution in [2.45, 2.75) is 33.4 Å². The Hall–Kier alpha value is -1.13. The quantitative estimate of drug-likeness (QED) is 0.930. The molecule has 0 atom stereocenters. The van der Waals surface area contributed by atoms with E-state index in [0.29, 0.717) is 11.9 Å². The van der Waals surface area contributed by atoms with Gasteiger partial charge in [-0.25, -0.2) is 4.98 Å². The molecule has 0 aliphatic rings. The van der Waals surface area contributed by atoms with Crippen molar-refractivity contribution in [3.8, 4) is 11.5 Å². The fourth-order valence-electron chi connectivity index (χ4n) is 1.69. The fourth-order valence-corrected chi connectivity index (χ4v) is 2.16. The van der Waals surface area contributed by atoms with Crippen molar-refractivity contribution in [2.24, 2.45) is 0 Å². The van der Waals surface area contributed by atoms with Crippen molar-refractivity contribution >= 4 is 15.9 Å². The lowest BCUT2D eigenvalue weighted by molar-refractivity contribution is 0.560. The molecule has 1 heterocycles. The van der Waals surface area contributed by atoms with E-state index >= 15 is 0 Å². The van der Waals surface area contributed by atoms with E-state index in [2.05, 4.69) is 53.1 Å². The fraction of sp³-hybridized carbons (Fsp3) is 0.357. The molecule has 2 rings (SSSR count). The third-order valence-corrected chi connectivity index (χ3v) is 3.16. The van der Waals surface area contributed by atoms with Crippen molar-refractivity contribution in [2.75, 3.05) is 0 Å². The van der Waals surface area contributed by atoms with E-state index in [1.807, 2.05) is 12.1 Å². The summed E-state index contributed by atoms with van der Waals surface area (Å²) in [6, 6.07) is 6.52. The standard InChI is InChI=1S/C14H17BrN2O/c1-9(2)16-7-12-8-18-14(17-12)13-5-4-11(15)6-10(13)3/h4-6,8-9,16H,7H2,1-3H3. The zero-order valence-electron chi connectivity index (χ0n) is 10.8. The first-order valence-corrected chi connectivity index (χ1v) is 6.80. The molecule has 3 nitrogen and oxygen atoms in total. The van der Waals surface area contributed by atoms with E-state index in [0.717, 1.165) is 27.8 Å². The number of halogens is 1. The maximum absolute atomic E-state index is 5.54. The van der Waals surface area contributed by atoms with Crippen LogP contribution in [0.3, 0.4) is 0 Å². The smallest absolute Gasteiger partial charge is 0.226 e. The Balaban J connectivity index is 2.18. The zero-order chi connectivity index (χ0) is 13.1. The number of rotatable bonds is 4. The van der Waals surface area contributed by atoms with Crippen molar-refractivity contribution < 1.29 is 4.42 Å². The molecule has 0 amide bonds. The predicted octanol–water partition coefficient (Wildman–Crippen LogP) is 3.91. The molecule has 4 heteroatoms. The Kier molecular flexibility index (Phi) is 4.19. The minimum absolute atomic E-state index is 0.444. The van der Waals surface area contributed by atoms with Crippen LogP contribution < -0.4 is 5.32 Å². The molecular weight excluding hydrogens is 292 g/mol. The van der Waals surface area contributed by atoms with E-state index < -0.39 is 0 Å². The van der Waals surface area contributed by atoms with Crippen LogP contribution in [0.15, 0.2) is 33.4 Å². The second kappa shape index (κ2) is 5.67. The summed E-state index contributed by atoms with van der Waals surface area (Å²) in [6.45, 7) is 7.01. The molecule has 96 valence electrons. The molecule has 1 N–H and O–H groups in total. The highest BCUT2D eigenvalue weighted by atomic mass is 79.9. The van der Waals surface area contributed by atoms with Crippen LogP contribution in [-0.4, -0.2) is 11.0 Å². The SMILES string of the molecule is Cc1cc(Br)ccc1-c1nc(CNC(C)C)co1. The average molecular weight is 309 g/mol. The van der Waals surface area contributed by atoms with Crippen LogP contribution in [-0.2, 0) is 6.54 Å². The maximum Gasteiger partial charge on any atom is 0.226 e. The molecule has 0 aliphatic carbocycles. The molecule has 0 fully saturated rings. The van der Waals surface area contributed by atoms with Gasteiger partial charge in [-0.3, -0.25) is 0 Å². The third kappa shape index (κ3) is 3.21. The van der Waals surface area contributed by atoms with Gasteiger partial charge in [0, 0.05) is 22.6 Å². The van der Waals surface area contributed by atoms with Gasteiger partial charge in [0.1, 0.15) is 6.26 Å². The Bertz CT molecular complexity index is 534. The summed E-state index contributed by atoms with van der Waals surface area (Å²) >= 11 is 3.45. The van der Waals surface area contributed by atoms with Crippen LogP contribution in [0, 0.1) is 6.92 Å². The number of hydrogen-bond donors (Lipinski definition) is 1. The first kappa shape index (κ1) is 13.3. The van der Waals surface area contributed by atoms with Gasteiger partial charge in [-0.2, -0.15) is 0 Å². The second-order valence-electron chi connectivity index (χ2n) is 4.64. The molecular formula is C14H17BrN2O. The van der Waals surface area contributed by atoms with Gasteiger partial charge in [0.05, 0.1) is 5.69 Å². The van der Waals surface area contributed by atoms with Crippen molar-refractivity contribution in [1.29, 1.82) is 0 Å². The molecule has 0 unspecified atom stereocenters. The monoisotopic (exact) mass is 308 g/mol. The van der Waals surface area contributed by atoms with E-state index in [-0.39, 0.29) is 0 Å². The minimum atomic E-state index is 0.444. The Morgan fingerprint density at radius 1 is 1.39 bits per heavy atom. The maximum atomic E-state index is 5.54. The Labute approximate surface area is 116 Å². The number of nitrogens with one attached hydrogen (secondary N) is 1. The summed E-state index contributed by atoms with van der Waals surface area (Å²) in [5.41, 5.74) is 3.12. The summed E-state index contributed by atoms with van der Waals surface area (Å²) < 4.78 is 6.60. The van der Waals surface area contributed by atoms with E-state index in [9.17, 15) is 0 Å². The largest absolute Gasteiger partial charge is 0.444 e. The number of nitrogens with zero attached hydrogens (tertiary/aromatic N) is 1. The normalized spacial score (nSPS) is 11.2. The van der Waals surface area contributed by atoms with Crippen LogP contribution >= 0.6 is 15.9 Å². The topological polar surface area (TPSA) is 38.1 Å². The van der Waals surface area contributed by atoms with Gasteiger partial charge in [-0.1, -0.05) is 29.8 Å². The predicted molar refractivity (Wildman–Crippen MR) is 76.4 cm³/mol. The van der Waals surface area contributed by atoms with Gasteiger partial charge in [0.2, 0.25) is 5.89 Å². The molecule has 0 radical (unpaired) electrons.